The Morgan fingerprint density at radius 2 is 2.05 bits per heavy atom. The molecular formula is C14H20N2O3S2. The van der Waals surface area contributed by atoms with Crippen molar-refractivity contribution in [3.8, 4) is 0 Å². The smallest absolute Gasteiger partial charge is 0.237 e. The second-order valence-electron chi connectivity index (χ2n) is 5.74. The van der Waals surface area contributed by atoms with Crippen LogP contribution in [0, 0.1) is 0 Å². The Morgan fingerprint density at radius 1 is 1.33 bits per heavy atom. The molecule has 1 atom stereocenters. The van der Waals surface area contributed by atoms with Crippen LogP contribution in [0.4, 0.5) is 0 Å². The highest BCUT2D eigenvalue weighted by atomic mass is 32.2. The van der Waals surface area contributed by atoms with Gasteiger partial charge in [-0.15, -0.1) is 11.3 Å². The van der Waals surface area contributed by atoms with Crippen LogP contribution in [0.2, 0.25) is 0 Å². The second kappa shape index (κ2) is 5.70. The molecular weight excluding hydrogens is 308 g/mol. The Hall–Kier alpha value is -0.920. The maximum atomic E-state index is 12.5. The van der Waals surface area contributed by atoms with Crippen molar-refractivity contribution in [3.63, 3.8) is 0 Å². The predicted molar refractivity (Wildman–Crippen MR) is 83.2 cm³/mol. The molecule has 1 fully saturated rings. The summed E-state index contributed by atoms with van der Waals surface area (Å²) in [5, 5.41) is 2.09. The van der Waals surface area contributed by atoms with Crippen LogP contribution in [0.5, 0.6) is 0 Å². The van der Waals surface area contributed by atoms with Gasteiger partial charge in [0.15, 0.2) is 9.84 Å². The summed E-state index contributed by atoms with van der Waals surface area (Å²) >= 11 is 1.76. The summed E-state index contributed by atoms with van der Waals surface area (Å²) in [6.45, 7) is 4.11. The number of hydrogen-bond acceptors (Lipinski definition) is 5. The Labute approximate surface area is 129 Å². The fraction of sp³-hybridized carbons (Fsp3) is 0.643. The highest BCUT2D eigenvalue weighted by molar-refractivity contribution is 7.91. The van der Waals surface area contributed by atoms with Crippen LogP contribution in [-0.2, 0) is 21.1 Å². The molecule has 116 valence electrons. The van der Waals surface area contributed by atoms with Crippen LogP contribution in [-0.4, -0.2) is 61.8 Å². The first-order chi connectivity index (χ1) is 9.96. The SMILES string of the molecule is C[C@H]1c2ccsc2CCN1C(=O)CN1CCS(=O)(=O)CC1. The number of amides is 1. The molecule has 0 bridgehead atoms. The maximum Gasteiger partial charge on any atom is 0.237 e. The van der Waals surface area contributed by atoms with E-state index in [1.54, 1.807) is 11.3 Å². The molecule has 3 heterocycles. The fourth-order valence-corrected chi connectivity index (χ4v) is 5.28. The van der Waals surface area contributed by atoms with Crippen LogP contribution in [0.15, 0.2) is 11.4 Å². The summed E-state index contributed by atoms with van der Waals surface area (Å²) in [4.78, 5) is 17.8. The van der Waals surface area contributed by atoms with E-state index in [-0.39, 0.29) is 23.5 Å². The summed E-state index contributed by atoms with van der Waals surface area (Å²) in [5.74, 6) is 0.452. The fourth-order valence-electron chi connectivity index (χ4n) is 3.04. The molecule has 0 saturated carbocycles. The molecule has 0 spiro atoms. The highest BCUT2D eigenvalue weighted by Crippen LogP contribution is 2.32. The molecule has 1 saturated heterocycles. The number of carbonyl (C=O) groups excluding carboxylic acids is 1. The van der Waals surface area contributed by atoms with E-state index in [2.05, 4.69) is 18.4 Å². The van der Waals surface area contributed by atoms with Gasteiger partial charge in [-0.05, 0) is 30.4 Å². The minimum absolute atomic E-state index is 0.110. The lowest BCUT2D eigenvalue weighted by atomic mass is 10.0. The molecule has 3 rings (SSSR count). The van der Waals surface area contributed by atoms with Crippen LogP contribution >= 0.6 is 11.3 Å². The molecule has 5 nitrogen and oxygen atoms in total. The Balaban J connectivity index is 1.62. The van der Waals surface area contributed by atoms with Gasteiger partial charge in [-0.1, -0.05) is 0 Å². The van der Waals surface area contributed by atoms with Crippen molar-refractivity contribution < 1.29 is 13.2 Å². The van der Waals surface area contributed by atoms with Gasteiger partial charge < -0.3 is 4.90 Å². The lowest BCUT2D eigenvalue weighted by Gasteiger charge is -2.36. The summed E-state index contributed by atoms with van der Waals surface area (Å²) in [5.41, 5.74) is 1.26. The molecule has 0 N–H and O–H groups in total. The first-order valence-corrected chi connectivity index (χ1v) is 9.95. The van der Waals surface area contributed by atoms with Crippen molar-refractivity contribution in [2.24, 2.45) is 0 Å². The van der Waals surface area contributed by atoms with Gasteiger partial charge in [0.25, 0.3) is 0 Å². The average molecular weight is 328 g/mol. The topological polar surface area (TPSA) is 57.7 Å². The van der Waals surface area contributed by atoms with Crippen LogP contribution in [0.25, 0.3) is 0 Å². The van der Waals surface area contributed by atoms with E-state index >= 15 is 0 Å². The van der Waals surface area contributed by atoms with Gasteiger partial charge >= 0.3 is 0 Å². The zero-order chi connectivity index (χ0) is 15.0. The Bertz CT molecular complexity index is 624. The highest BCUT2D eigenvalue weighted by Gasteiger charge is 2.30. The summed E-state index contributed by atoms with van der Waals surface area (Å²) < 4.78 is 22.8. The first kappa shape index (κ1) is 15.0. The van der Waals surface area contributed by atoms with Crippen molar-refractivity contribution in [1.82, 2.24) is 9.80 Å². The Morgan fingerprint density at radius 3 is 2.76 bits per heavy atom. The average Bonchev–Trinajstić information content (AvgIpc) is 2.91. The van der Waals surface area contributed by atoms with Gasteiger partial charge in [0.2, 0.25) is 5.91 Å². The van der Waals surface area contributed by atoms with Crippen LogP contribution < -0.4 is 0 Å². The quantitative estimate of drug-likeness (QED) is 0.810. The molecule has 2 aliphatic rings. The summed E-state index contributed by atoms with van der Waals surface area (Å²) in [6.07, 6.45) is 0.928. The second-order valence-corrected chi connectivity index (χ2v) is 9.04. The third kappa shape index (κ3) is 3.14. The molecule has 21 heavy (non-hydrogen) atoms. The van der Waals surface area contributed by atoms with E-state index in [1.807, 2.05) is 9.80 Å². The van der Waals surface area contributed by atoms with Gasteiger partial charge in [-0.3, -0.25) is 9.69 Å². The van der Waals surface area contributed by atoms with Crippen molar-refractivity contribution in [2.75, 3.05) is 37.7 Å². The monoisotopic (exact) mass is 328 g/mol. The van der Waals surface area contributed by atoms with E-state index in [0.717, 1.165) is 13.0 Å². The van der Waals surface area contributed by atoms with Crippen LogP contribution in [0.3, 0.4) is 0 Å². The molecule has 0 radical (unpaired) electrons. The number of nitrogens with zero attached hydrogens (tertiary/aromatic N) is 2. The largest absolute Gasteiger partial charge is 0.334 e. The zero-order valence-corrected chi connectivity index (χ0v) is 13.8. The lowest BCUT2D eigenvalue weighted by molar-refractivity contribution is -0.134. The minimum Gasteiger partial charge on any atom is -0.334 e. The number of sulfone groups is 1. The number of thiophene rings is 1. The van der Waals surface area contributed by atoms with Crippen LogP contribution in [0.1, 0.15) is 23.4 Å². The van der Waals surface area contributed by atoms with Crippen molar-refractivity contribution in [1.29, 1.82) is 0 Å². The minimum atomic E-state index is -2.88. The van der Waals surface area contributed by atoms with E-state index in [4.69, 9.17) is 0 Å². The molecule has 2 aliphatic heterocycles. The number of carbonyl (C=O) groups is 1. The third-order valence-electron chi connectivity index (χ3n) is 4.39. The van der Waals surface area contributed by atoms with E-state index in [0.29, 0.717) is 19.6 Å². The van der Waals surface area contributed by atoms with Gasteiger partial charge in [0.1, 0.15) is 0 Å². The van der Waals surface area contributed by atoms with Gasteiger partial charge in [0.05, 0.1) is 24.1 Å². The standard InChI is InChI=1S/C14H20N2O3S2/c1-11-12-3-7-20-13(12)2-4-16(11)14(17)10-15-5-8-21(18,19)9-6-15/h3,7,11H,2,4-6,8-10H2,1H3/t11-/m0/s1. The van der Waals surface area contributed by atoms with Crippen molar-refractivity contribution >= 4 is 27.1 Å². The molecule has 1 aromatic heterocycles. The molecule has 7 heteroatoms. The van der Waals surface area contributed by atoms with E-state index in [9.17, 15) is 13.2 Å². The maximum absolute atomic E-state index is 12.5. The van der Waals surface area contributed by atoms with Crippen molar-refractivity contribution in [2.45, 2.75) is 19.4 Å². The molecule has 0 aliphatic carbocycles. The molecule has 1 amide bonds. The molecule has 0 unspecified atom stereocenters. The predicted octanol–water partition coefficient (Wildman–Crippen LogP) is 0.924. The Kier molecular flexibility index (Phi) is 4.07. The first-order valence-electron chi connectivity index (χ1n) is 7.25. The number of fused-ring (bicyclic) bond motifs is 1. The molecule has 0 aromatic carbocycles. The van der Waals surface area contributed by atoms with E-state index in [1.165, 1.54) is 10.4 Å². The molecule has 1 aromatic rings. The van der Waals surface area contributed by atoms with Gasteiger partial charge in [0, 0.05) is 24.5 Å². The summed E-state index contributed by atoms with van der Waals surface area (Å²) in [6, 6.07) is 2.23. The van der Waals surface area contributed by atoms with Gasteiger partial charge in [-0.2, -0.15) is 0 Å². The summed E-state index contributed by atoms with van der Waals surface area (Å²) in [7, 11) is -2.88. The lowest BCUT2D eigenvalue weighted by Crippen LogP contribution is -2.48. The number of rotatable bonds is 2. The third-order valence-corrected chi connectivity index (χ3v) is 7.00. The zero-order valence-electron chi connectivity index (χ0n) is 12.1. The van der Waals surface area contributed by atoms with E-state index < -0.39 is 9.84 Å². The number of hydrogen-bond donors (Lipinski definition) is 0. The van der Waals surface area contributed by atoms with Crippen molar-refractivity contribution in [3.05, 3.63) is 21.9 Å². The van der Waals surface area contributed by atoms with Gasteiger partial charge in [-0.25, -0.2) is 8.42 Å². The normalized spacial score (nSPS) is 25.6.